The minimum Gasteiger partial charge on any atom is -0.339 e. The van der Waals surface area contributed by atoms with E-state index in [9.17, 15) is 4.79 Å². The van der Waals surface area contributed by atoms with Gasteiger partial charge in [0.2, 0.25) is 11.7 Å². The Morgan fingerprint density at radius 3 is 2.82 bits per heavy atom. The predicted molar refractivity (Wildman–Crippen MR) is 81.7 cm³/mol. The molecular weight excluding hydrogens is 304 g/mol. The van der Waals surface area contributed by atoms with Gasteiger partial charge in [0.25, 0.3) is 5.91 Å². The fourth-order valence-electron chi connectivity index (χ4n) is 1.85. The second-order valence-electron chi connectivity index (χ2n) is 4.53. The number of anilines is 1. The molecular formula is C15H11ClN4O2. The molecule has 0 unspecified atom stereocenters. The van der Waals surface area contributed by atoms with E-state index >= 15 is 0 Å². The number of carbonyl (C=O) groups is 1. The molecule has 3 aromatic rings. The van der Waals surface area contributed by atoms with Crippen LogP contribution in [-0.2, 0) is 0 Å². The average molecular weight is 315 g/mol. The van der Waals surface area contributed by atoms with Gasteiger partial charge in [-0.05, 0) is 24.3 Å². The smallest absolute Gasteiger partial charge is 0.256 e. The standard InChI is InChI=1S/C15H11ClN4O2/c1-9-18-14(20-22-9)10-3-2-4-11(7-10)15(21)19-13-6-5-12(16)8-17-13/h2-8H,1H3,(H,17,19,21). The van der Waals surface area contributed by atoms with Gasteiger partial charge in [-0.25, -0.2) is 4.98 Å². The lowest BCUT2D eigenvalue weighted by Gasteiger charge is -2.05. The van der Waals surface area contributed by atoms with Gasteiger partial charge in [0.15, 0.2) is 0 Å². The highest BCUT2D eigenvalue weighted by Crippen LogP contribution is 2.18. The number of aryl methyl sites for hydroxylation is 1. The molecule has 22 heavy (non-hydrogen) atoms. The molecule has 1 aromatic carbocycles. The van der Waals surface area contributed by atoms with Crippen molar-refractivity contribution in [1.29, 1.82) is 0 Å². The van der Waals surface area contributed by atoms with Crippen molar-refractivity contribution in [1.82, 2.24) is 15.1 Å². The van der Waals surface area contributed by atoms with Gasteiger partial charge in [0.1, 0.15) is 5.82 Å². The molecule has 2 heterocycles. The number of hydrogen-bond acceptors (Lipinski definition) is 5. The molecule has 110 valence electrons. The minimum absolute atomic E-state index is 0.281. The number of nitrogens with zero attached hydrogens (tertiary/aromatic N) is 3. The topological polar surface area (TPSA) is 80.9 Å². The summed E-state index contributed by atoms with van der Waals surface area (Å²) in [5.41, 5.74) is 1.17. The van der Waals surface area contributed by atoms with Gasteiger partial charge in [-0.3, -0.25) is 4.79 Å². The predicted octanol–water partition coefficient (Wildman–Crippen LogP) is 3.35. The summed E-state index contributed by atoms with van der Waals surface area (Å²) in [6.07, 6.45) is 1.47. The maximum absolute atomic E-state index is 12.2. The molecule has 0 atom stereocenters. The quantitative estimate of drug-likeness (QED) is 0.801. The van der Waals surface area contributed by atoms with Gasteiger partial charge in [0, 0.05) is 24.2 Å². The third-order valence-corrected chi connectivity index (χ3v) is 3.10. The summed E-state index contributed by atoms with van der Waals surface area (Å²) in [5.74, 6) is 1.05. The van der Waals surface area contributed by atoms with Crippen LogP contribution >= 0.6 is 11.6 Å². The molecule has 0 aliphatic rings. The first-order valence-corrected chi connectivity index (χ1v) is 6.83. The molecule has 1 N–H and O–H groups in total. The zero-order valence-electron chi connectivity index (χ0n) is 11.6. The SMILES string of the molecule is Cc1nc(-c2cccc(C(=O)Nc3ccc(Cl)cn3)c2)no1. The van der Waals surface area contributed by atoms with Crippen LogP contribution in [0.25, 0.3) is 11.4 Å². The summed E-state index contributed by atoms with van der Waals surface area (Å²) >= 11 is 5.76. The first kappa shape index (κ1) is 14.2. The normalized spacial score (nSPS) is 10.5. The van der Waals surface area contributed by atoms with E-state index in [1.54, 1.807) is 37.3 Å². The molecule has 0 aliphatic heterocycles. The average Bonchev–Trinajstić information content (AvgIpc) is 2.96. The molecule has 0 saturated carbocycles. The molecule has 0 saturated heterocycles. The van der Waals surface area contributed by atoms with Crippen molar-refractivity contribution in [3.63, 3.8) is 0 Å². The lowest BCUT2D eigenvalue weighted by Crippen LogP contribution is -2.12. The van der Waals surface area contributed by atoms with E-state index in [-0.39, 0.29) is 5.91 Å². The van der Waals surface area contributed by atoms with Crippen LogP contribution in [0.3, 0.4) is 0 Å². The summed E-state index contributed by atoms with van der Waals surface area (Å²) in [6.45, 7) is 1.71. The van der Waals surface area contributed by atoms with Gasteiger partial charge < -0.3 is 9.84 Å². The molecule has 1 amide bonds. The number of benzene rings is 1. The molecule has 0 fully saturated rings. The number of hydrogen-bond donors (Lipinski definition) is 1. The van der Waals surface area contributed by atoms with Crippen LogP contribution in [0.2, 0.25) is 5.02 Å². The molecule has 6 nitrogen and oxygen atoms in total. The van der Waals surface area contributed by atoms with E-state index in [0.717, 1.165) is 0 Å². The maximum Gasteiger partial charge on any atom is 0.256 e. The molecule has 0 radical (unpaired) electrons. The number of rotatable bonds is 3. The Morgan fingerprint density at radius 2 is 2.14 bits per heavy atom. The summed E-state index contributed by atoms with van der Waals surface area (Å²) in [6, 6.07) is 10.2. The number of halogens is 1. The van der Waals surface area contributed by atoms with Crippen LogP contribution in [-0.4, -0.2) is 21.0 Å². The van der Waals surface area contributed by atoms with E-state index in [1.807, 2.05) is 6.07 Å². The molecule has 2 aromatic heterocycles. The fraction of sp³-hybridized carbons (Fsp3) is 0.0667. The van der Waals surface area contributed by atoms with Crippen molar-refractivity contribution in [3.05, 3.63) is 59.1 Å². The second-order valence-corrected chi connectivity index (χ2v) is 4.97. The Bertz CT molecular complexity index is 814. The van der Waals surface area contributed by atoms with E-state index in [1.165, 1.54) is 6.20 Å². The van der Waals surface area contributed by atoms with Gasteiger partial charge >= 0.3 is 0 Å². The van der Waals surface area contributed by atoms with Crippen molar-refractivity contribution >= 4 is 23.3 Å². The molecule has 7 heteroatoms. The first-order chi connectivity index (χ1) is 10.6. The number of carbonyl (C=O) groups excluding carboxylic acids is 1. The highest BCUT2D eigenvalue weighted by atomic mass is 35.5. The number of nitrogens with one attached hydrogen (secondary N) is 1. The Hall–Kier alpha value is -2.73. The highest BCUT2D eigenvalue weighted by molar-refractivity contribution is 6.30. The van der Waals surface area contributed by atoms with Crippen molar-refractivity contribution < 1.29 is 9.32 Å². The highest BCUT2D eigenvalue weighted by Gasteiger charge is 2.11. The second kappa shape index (κ2) is 5.95. The van der Waals surface area contributed by atoms with Crippen molar-refractivity contribution in [2.24, 2.45) is 0 Å². The Labute approximate surface area is 131 Å². The van der Waals surface area contributed by atoms with Crippen LogP contribution in [0, 0.1) is 6.92 Å². The Morgan fingerprint density at radius 1 is 1.27 bits per heavy atom. The van der Waals surface area contributed by atoms with Crippen LogP contribution in [0.15, 0.2) is 47.1 Å². The molecule has 3 rings (SSSR count). The number of pyridine rings is 1. The molecule has 0 spiro atoms. The summed E-state index contributed by atoms with van der Waals surface area (Å²) in [4.78, 5) is 20.4. The minimum atomic E-state index is -0.281. The lowest BCUT2D eigenvalue weighted by molar-refractivity contribution is 0.102. The molecule has 0 bridgehead atoms. The van der Waals surface area contributed by atoms with E-state index < -0.39 is 0 Å². The van der Waals surface area contributed by atoms with E-state index in [2.05, 4.69) is 20.4 Å². The van der Waals surface area contributed by atoms with Gasteiger partial charge in [0.05, 0.1) is 5.02 Å². The fourth-order valence-corrected chi connectivity index (χ4v) is 1.97. The van der Waals surface area contributed by atoms with Crippen LogP contribution in [0.5, 0.6) is 0 Å². The van der Waals surface area contributed by atoms with Crippen molar-refractivity contribution in [2.45, 2.75) is 6.92 Å². The summed E-state index contributed by atoms with van der Waals surface area (Å²) in [7, 11) is 0. The maximum atomic E-state index is 12.2. The Kier molecular flexibility index (Phi) is 3.84. The van der Waals surface area contributed by atoms with Gasteiger partial charge in [-0.15, -0.1) is 0 Å². The van der Waals surface area contributed by atoms with Crippen LogP contribution in [0.1, 0.15) is 16.2 Å². The molecule has 0 aliphatic carbocycles. The zero-order valence-corrected chi connectivity index (χ0v) is 12.3. The van der Waals surface area contributed by atoms with Crippen molar-refractivity contribution in [3.8, 4) is 11.4 Å². The largest absolute Gasteiger partial charge is 0.339 e. The van der Waals surface area contributed by atoms with Crippen LogP contribution < -0.4 is 5.32 Å². The van der Waals surface area contributed by atoms with Crippen LogP contribution in [0.4, 0.5) is 5.82 Å². The Balaban J connectivity index is 1.82. The van der Waals surface area contributed by atoms with E-state index in [4.69, 9.17) is 16.1 Å². The third-order valence-electron chi connectivity index (χ3n) is 2.88. The summed E-state index contributed by atoms with van der Waals surface area (Å²) in [5, 5.41) is 7.04. The van der Waals surface area contributed by atoms with E-state index in [0.29, 0.717) is 33.7 Å². The lowest BCUT2D eigenvalue weighted by atomic mass is 10.1. The first-order valence-electron chi connectivity index (χ1n) is 6.45. The summed E-state index contributed by atoms with van der Waals surface area (Å²) < 4.78 is 4.94. The number of aromatic nitrogens is 3. The van der Waals surface area contributed by atoms with Gasteiger partial charge in [-0.2, -0.15) is 4.98 Å². The monoisotopic (exact) mass is 314 g/mol. The van der Waals surface area contributed by atoms with Crippen molar-refractivity contribution in [2.75, 3.05) is 5.32 Å². The zero-order chi connectivity index (χ0) is 15.5. The number of amides is 1. The van der Waals surface area contributed by atoms with Gasteiger partial charge in [-0.1, -0.05) is 28.9 Å². The third kappa shape index (κ3) is 3.12.